The van der Waals surface area contributed by atoms with E-state index in [1.807, 2.05) is 24.7 Å². The number of allylic oxidation sites excluding steroid dienone is 2. The van der Waals surface area contributed by atoms with Crippen molar-refractivity contribution in [2.75, 3.05) is 26.2 Å². The molecule has 2 aliphatic rings. The third-order valence-electron chi connectivity index (χ3n) is 7.68. The summed E-state index contributed by atoms with van der Waals surface area (Å²) < 4.78 is 0. The summed E-state index contributed by atoms with van der Waals surface area (Å²) in [7, 11) is 0. The predicted octanol–water partition coefficient (Wildman–Crippen LogP) is 5.93. The van der Waals surface area contributed by atoms with Crippen LogP contribution in [-0.4, -0.2) is 61.1 Å². The van der Waals surface area contributed by atoms with Crippen LogP contribution in [0.1, 0.15) is 48.9 Å². The van der Waals surface area contributed by atoms with E-state index in [0.29, 0.717) is 5.65 Å². The Morgan fingerprint density at radius 2 is 1.76 bits per heavy atom. The van der Waals surface area contributed by atoms with E-state index in [0.717, 1.165) is 53.2 Å². The highest BCUT2D eigenvalue weighted by molar-refractivity contribution is 5.93. The van der Waals surface area contributed by atoms with E-state index in [1.165, 1.54) is 62.0 Å². The minimum atomic E-state index is 0.714. The van der Waals surface area contributed by atoms with Crippen LogP contribution in [0.15, 0.2) is 55.5 Å². The van der Waals surface area contributed by atoms with Crippen molar-refractivity contribution < 1.29 is 0 Å². The number of H-pyrrole nitrogens is 2. The number of nitrogens with one attached hydrogen (secondary N) is 2. The van der Waals surface area contributed by atoms with Gasteiger partial charge in [0.1, 0.15) is 0 Å². The number of piperidine rings is 1. The average molecular weight is 494 g/mol. The lowest BCUT2D eigenvalue weighted by Gasteiger charge is -2.31. The van der Waals surface area contributed by atoms with Gasteiger partial charge in [0.15, 0.2) is 5.65 Å². The van der Waals surface area contributed by atoms with Crippen molar-refractivity contribution in [3.63, 3.8) is 0 Å². The molecule has 37 heavy (non-hydrogen) atoms. The maximum Gasteiger partial charge on any atom is 0.181 e. The van der Waals surface area contributed by atoms with E-state index < -0.39 is 0 Å². The molecule has 6 rings (SSSR count). The average Bonchev–Trinajstić information content (AvgIpc) is 3.68. The van der Waals surface area contributed by atoms with Crippen LogP contribution in [0.5, 0.6) is 0 Å². The van der Waals surface area contributed by atoms with E-state index in [4.69, 9.17) is 0 Å². The Morgan fingerprint density at radius 3 is 2.57 bits per heavy atom. The topological polar surface area (TPSA) is 76.7 Å². The van der Waals surface area contributed by atoms with Gasteiger partial charge in [0, 0.05) is 71.7 Å². The van der Waals surface area contributed by atoms with Gasteiger partial charge in [-0.05, 0) is 82.0 Å². The second-order valence-electron chi connectivity index (χ2n) is 10.3. The highest BCUT2D eigenvalue weighted by Gasteiger charge is 2.20. The SMILES string of the molecule is C=C/C=C(\c1cc(-c2[nH]nc3ncc(-c4cncc(CN5CCCC5)c4)cc23)[nH]c1C)N1CCCCC1. The van der Waals surface area contributed by atoms with Gasteiger partial charge in [-0.2, -0.15) is 5.10 Å². The molecule has 0 aromatic carbocycles. The largest absolute Gasteiger partial charge is 0.371 e. The Morgan fingerprint density at radius 1 is 0.973 bits per heavy atom. The number of nitrogens with zero attached hydrogens (tertiary/aromatic N) is 5. The number of likely N-dealkylation sites (tertiary alicyclic amines) is 2. The monoisotopic (exact) mass is 493 g/mol. The molecule has 0 unspecified atom stereocenters. The van der Waals surface area contributed by atoms with Crippen molar-refractivity contribution in [1.29, 1.82) is 0 Å². The summed E-state index contributed by atoms with van der Waals surface area (Å²) in [5.74, 6) is 0. The van der Waals surface area contributed by atoms with Gasteiger partial charge >= 0.3 is 0 Å². The fourth-order valence-electron chi connectivity index (χ4n) is 5.76. The highest BCUT2D eigenvalue weighted by Crippen LogP contribution is 2.33. The molecule has 4 aromatic rings. The summed E-state index contributed by atoms with van der Waals surface area (Å²) in [6.07, 6.45) is 16.2. The lowest BCUT2D eigenvalue weighted by Crippen LogP contribution is -2.28. The zero-order chi connectivity index (χ0) is 25.2. The van der Waals surface area contributed by atoms with Crippen molar-refractivity contribution in [3.8, 4) is 22.5 Å². The van der Waals surface area contributed by atoms with Gasteiger partial charge in [-0.1, -0.05) is 12.7 Å². The Balaban J connectivity index is 1.33. The van der Waals surface area contributed by atoms with E-state index in [9.17, 15) is 0 Å². The molecular formula is C30H35N7. The first-order valence-electron chi connectivity index (χ1n) is 13.5. The molecule has 0 aliphatic carbocycles. The molecule has 4 aromatic heterocycles. The number of pyridine rings is 2. The van der Waals surface area contributed by atoms with E-state index in [-0.39, 0.29) is 0 Å². The molecule has 0 saturated carbocycles. The molecule has 190 valence electrons. The van der Waals surface area contributed by atoms with Gasteiger partial charge in [-0.3, -0.25) is 15.0 Å². The first-order chi connectivity index (χ1) is 18.2. The Hall–Kier alpha value is -3.71. The molecule has 2 saturated heterocycles. The summed E-state index contributed by atoms with van der Waals surface area (Å²) in [5, 5.41) is 8.75. The molecule has 0 atom stereocenters. The molecule has 0 bridgehead atoms. The predicted molar refractivity (Wildman–Crippen MR) is 150 cm³/mol. The Bertz CT molecular complexity index is 1430. The van der Waals surface area contributed by atoms with Crippen LogP contribution in [0.25, 0.3) is 39.2 Å². The molecule has 7 nitrogen and oxygen atoms in total. The molecule has 2 N–H and O–H groups in total. The second kappa shape index (κ2) is 10.3. The van der Waals surface area contributed by atoms with Crippen LogP contribution in [0, 0.1) is 6.92 Å². The van der Waals surface area contributed by atoms with Crippen molar-refractivity contribution in [2.24, 2.45) is 0 Å². The fraction of sp³-hybridized carbons (Fsp3) is 0.367. The maximum atomic E-state index is 4.68. The Labute approximate surface area is 218 Å². The number of fused-ring (bicyclic) bond motifs is 1. The zero-order valence-electron chi connectivity index (χ0n) is 21.6. The van der Waals surface area contributed by atoms with Crippen molar-refractivity contribution in [3.05, 3.63) is 72.3 Å². The summed E-state index contributed by atoms with van der Waals surface area (Å²) in [5.41, 5.74) is 9.65. The maximum absolute atomic E-state index is 4.68. The molecule has 2 aliphatic heterocycles. The molecule has 0 spiro atoms. The fourth-order valence-corrected chi connectivity index (χ4v) is 5.76. The number of aromatic amines is 2. The number of rotatable bonds is 7. The van der Waals surface area contributed by atoms with Crippen LogP contribution in [-0.2, 0) is 6.54 Å². The van der Waals surface area contributed by atoms with Gasteiger partial charge in [-0.25, -0.2) is 4.98 Å². The first-order valence-corrected chi connectivity index (χ1v) is 13.5. The molecule has 7 heteroatoms. The van der Waals surface area contributed by atoms with Crippen molar-refractivity contribution in [1.82, 2.24) is 34.9 Å². The van der Waals surface area contributed by atoms with E-state index in [2.05, 4.69) is 72.7 Å². The number of aromatic nitrogens is 5. The Kier molecular flexibility index (Phi) is 6.62. The quantitative estimate of drug-likeness (QED) is 0.312. The summed E-state index contributed by atoms with van der Waals surface area (Å²) >= 11 is 0. The van der Waals surface area contributed by atoms with Gasteiger partial charge in [0.2, 0.25) is 0 Å². The molecule has 0 amide bonds. The first kappa shape index (κ1) is 23.7. The van der Waals surface area contributed by atoms with Gasteiger partial charge in [0.25, 0.3) is 0 Å². The smallest absolute Gasteiger partial charge is 0.181 e. The van der Waals surface area contributed by atoms with Crippen LogP contribution >= 0.6 is 0 Å². The van der Waals surface area contributed by atoms with Crippen molar-refractivity contribution >= 4 is 16.7 Å². The number of hydrogen-bond donors (Lipinski definition) is 2. The van der Waals surface area contributed by atoms with Crippen LogP contribution in [0.4, 0.5) is 0 Å². The summed E-state index contributed by atoms with van der Waals surface area (Å²) in [6, 6.07) is 6.66. The van der Waals surface area contributed by atoms with Gasteiger partial charge in [-0.15, -0.1) is 0 Å². The van der Waals surface area contributed by atoms with E-state index >= 15 is 0 Å². The molecule has 0 radical (unpaired) electrons. The molecule has 6 heterocycles. The van der Waals surface area contributed by atoms with Crippen LogP contribution < -0.4 is 0 Å². The second-order valence-corrected chi connectivity index (χ2v) is 10.3. The zero-order valence-corrected chi connectivity index (χ0v) is 21.6. The van der Waals surface area contributed by atoms with E-state index in [1.54, 1.807) is 0 Å². The third kappa shape index (κ3) is 4.83. The standard InChI is InChI=1S/C30H35N7/c1-3-9-28(37-12-5-4-6-13-37)25-16-27(33-21(25)2)29-26-15-24(19-32-30(26)35-34-29)23-14-22(17-31-18-23)20-36-10-7-8-11-36/h3,9,14-19,33H,1,4-8,10-13,20H2,2H3,(H,32,34,35)/b28-9+. The number of hydrogen-bond acceptors (Lipinski definition) is 5. The minimum Gasteiger partial charge on any atom is -0.371 e. The minimum absolute atomic E-state index is 0.714. The summed E-state index contributed by atoms with van der Waals surface area (Å²) in [4.78, 5) is 17.8. The molecule has 2 fully saturated rings. The summed E-state index contributed by atoms with van der Waals surface area (Å²) in [6.45, 7) is 11.6. The van der Waals surface area contributed by atoms with Gasteiger partial charge in [0.05, 0.1) is 11.4 Å². The highest BCUT2D eigenvalue weighted by atomic mass is 15.2. The lowest BCUT2D eigenvalue weighted by atomic mass is 10.0. The van der Waals surface area contributed by atoms with Gasteiger partial charge < -0.3 is 9.88 Å². The van der Waals surface area contributed by atoms with Crippen molar-refractivity contribution in [2.45, 2.75) is 45.6 Å². The normalized spacial score (nSPS) is 17.1. The molecular weight excluding hydrogens is 458 g/mol. The third-order valence-corrected chi connectivity index (χ3v) is 7.68. The van der Waals surface area contributed by atoms with Crippen LogP contribution in [0.3, 0.4) is 0 Å². The van der Waals surface area contributed by atoms with Crippen LogP contribution in [0.2, 0.25) is 0 Å². The lowest BCUT2D eigenvalue weighted by molar-refractivity contribution is 0.326. The number of aryl methyl sites for hydroxylation is 1.